The van der Waals surface area contributed by atoms with Crippen molar-refractivity contribution in [1.29, 1.82) is 0 Å². The van der Waals surface area contributed by atoms with Gasteiger partial charge in [0.15, 0.2) is 5.96 Å². The molecule has 2 N–H and O–H groups in total. The number of amides is 1. The molecule has 0 radical (unpaired) electrons. The molecule has 0 unspecified atom stereocenters. The SMILES string of the molecule is CN=C(NCC(=O)N(C)CC(F)(F)F)NC1CCN(C2CCCCC2)CC1.I. The summed E-state index contributed by atoms with van der Waals surface area (Å²) in [6.07, 6.45) is 4.22. The normalized spacial score (nSPS) is 20.4. The van der Waals surface area contributed by atoms with E-state index in [2.05, 4.69) is 20.5 Å². The summed E-state index contributed by atoms with van der Waals surface area (Å²) in [6, 6.07) is 0.984. The van der Waals surface area contributed by atoms with Gasteiger partial charge in [0, 0.05) is 39.3 Å². The van der Waals surface area contributed by atoms with Gasteiger partial charge < -0.3 is 20.4 Å². The first kappa shape index (κ1) is 25.3. The van der Waals surface area contributed by atoms with Crippen LogP contribution in [0.3, 0.4) is 0 Å². The van der Waals surface area contributed by atoms with Crippen molar-refractivity contribution in [2.75, 3.05) is 40.3 Å². The number of carbonyl (C=O) groups is 1. The van der Waals surface area contributed by atoms with Crippen molar-refractivity contribution in [1.82, 2.24) is 20.4 Å². The Balaban J connectivity index is 0.00000392. The van der Waals surface area contributed by atoms with Crippen molar-refractivity contribution in [2.45, 2.75) is 63.2 Å². The molecule has 0 aromatic rings. The third-order valence-corrected chi connectivity index (χ3v) is 5.43. The Morgan fingerprint density at radius 3 is 2.29 bits per heavy atom. The van der Waals surface area contributed by atoms with Crippen LogP contribution in [-0.4, -0.2) is 80.2 Å². The van der Waals surface area contributed by atoms with Crippen LogP contribution in [0.15, 0.2) is 4.99 Å². The molecule has 0 aromatic heterocycles. The summed E-state index contributed by atoms with van der Waals surface area (Å²) >= 11 is 0. The minimum Gasteiger partial charge on any atom is -0.354 e. The van der Waals surface area contributed by atoms with Crippen LogP contribution in [0.1, 0.15) is 44.9 Å². The lowest BCUT2D eigenvalue weighted by Crippen LogP contribution is -2.52. The number of alkyl halides is 3. The smallest absolute Gasteiger partial charge is 0.354 e. The Hall–Kier alpha value is -0.780. The van der Waals surface area contributed by atoms with Gasteiger partial charge in [-0.05, 0) is 25.7 Å². The zero-order valence-electron chi connectivity index (χ0n) is 16.7. The molecule has 1 aliphatic carbocycles. The van der Waals surface area contributed by atoms with Gasteiger partial charge in [0.25, 0.3) is 0 Å². The summed E-state index contributed by atoms with van der Waals surface area (Å²) in [7, 11) is 2.74. The molecule has 2 fully saturated rings. The standard InChI is InChI=1S/C18H32F3N5O.HI/c1-22-17(23-12-16(27)25(2)13-18(19,20)21)24-14-8-10-26(11-9-14)15-6-4-3-5-7-15;/h14-15H,3-13H2,1-2H3,(H2,22,23,24);1H. The van der Waals surface area contributed by atoms with Crippen LogP contribution >= 0.6 is 24.0 Å². The van der Waals surface area contributed by atoms with Crippen LogP contribution in [0.5, 0.6) is 0 Å². The summed E-state index contributed by atoms with van der Waals surface area (Å²) in [5.74, 6) is -0.165. The Kier molecular flexibility index (Phi) is 10.9. The molecular formula is C18H33F3IN5O. The number of likely N-dealkylation sites (N-methyl/N-ethyl adjacent to an activating group) is 1. The molecule has 0 bridgehead atoms. The molecule has 6 nitrogen and oxygen atoms in total. The number of guanidine groups is 1. The van der Waals surface area contributed by atoms with Gasteiger partial charge >= 0.3 is 6.18 Å². The maximum atomic E-state index is 12.4. The first-order valence-corrected chi connectivity index (χ1v) is 9.80. The number of nitrogens with one attached hydrogen (secondary N) is 2. The molecule has 1 heterocycles. The van der Waals surface area contributed by atoms with Gasteiger partial charge in [-0.25, -0.2) is 0 Å². The highest BCUT2D eigenvalue weighted by Crippen LogP contribution is 2.25. The lowest BCUT2D eigenvalue weighted by molar-refractivity contribution is -0.157. The molecule has 1 saturated heterocycles. The van der Waals surface area contributed by atoms with Crippen LogP contribution in [0.2, 0.25) is 0 Å². The van der Waals surface area contributed by atoms with E-state index < -0.39 is 18.6 Å². The third-order valence-electron chi connectivity index (χ3n) is 5.43. The molecule has 2 rings (SSSR count). The van der Waals surface area contributed by atoms with Gasteiger partial charge in [-0.15, -0.1) is 24.0 Å². The monoisotopic (exact) mass is 519 g/mol. The maximum absolute atomic E-state index is 12.4. The number of hydrogen-bond acceptors (Lipinski definition) is 3. The fourth-order valence-corrected chi connectivity index (χ4v) is 3.89. The number of likely N-dealkylation sites (tertiary alicyclic amines) is 1. The molecule has 1 saturated carbocycles. The van der Waals surface area contributed by atoms with Gasteiger partial charge in [0.2, 0.25) is 5.91 Å². The molecular weight excluding hydrogens is 486 g/mol. The van der Waals surface area contributed by atoms with E-state index in [-0.39, 0.29) is 36.6 Å². The van der Waals surface area contributed by atoms with Crippen LogP contribution < -0.4 is 10.6 Å². The van der Waals surface area contributed by atoms with Crippen LogP contribution in [0.25, 0.3) is 0 Å². The average molecular weight is 519 g/mol. The van der Waals surface area contributed by atoms with Crippen molar-refractivity contribution >= 4 is 35.8 Å². The second kappa shape index (κ2) is 12.0. The summed E-state index contributed by atoms with van der Waals surface area (Å²) in [4.78, 5) is 19.2. The van der Waals surface area contributed by atoms with Crippen LogP contribution in [-0.2, 0) is 4.79 Å². The molecule has 0 spiro atoms. The van der Waals surface area contributed by atoms with Crippen molar-refractivity contribution in [3.63, 3.8) is 0 Å². The van der Waals surface area contributed by atoms with E-state index in [1.54, 1.807) is 7.05 Å². The zero-order valence-corrected chi connectivity index (χ0v) is 19.1. The molecule has 1 aliphatic heterocycles. The fraction of sp³-hybridized carbons (Fsp3) is 0.889. The van der Waals surface area contributed by atoms with Crippen molar-refractivity contribution < 1.29 is 18.0 Å². The van der Waals surface area contributed by atoms with Crippen molar-refractivity contribution in [3.05, 3.63) is 0 Å². The van der Waals surface area contributed by atoms with Gasteiger partial charge in [-0.3, -0.25) is 9.79 Å². The number of nitrogens with zero attached hydrogens (tertiary/aromatic N) is 3. The second-order valence-electron chi connectivity index (χ2n) is 7.54. The first-order valence-electron chi connectivity index (χ1n) is 9.80. The molecule has 1 amide bonds. The van der Waals surface area contributed by atoms with Gasteiger partial charge in [-0.1, -0.05) is 19.3 Å². The minimum absolute atomic E-state index is 0. The number of hydrogen-bond donors (Lipinski definition) is 2. The van der Waals surface area contributed by atoms with E-state index >= 15 is 0 Å². The highest BCUT2D eigenvalue weighted by molar-refractivity contribution is 14.0. The summed E-state index contributed by atoms with van der Waals surface area (Å²) in [5, 5.41) is 6.12. The molecule has 28 heavy (non-hydrogen) atoms. The summed E-state index contributed by atoms with van der Waals surface area (Å²) in [6.45, 7) is 0.630. The van der Waals surface area contributed by atoms with Crippen molar-refractivity contribution in [2.24, 2.45) is 4.99 Å². The predicted molar refractivity (Wildman–Crippen MR) is 115 cm³/mol. The highest BCUT2D eigenvalue weighted by atomic mass is 127. The topological polar surface area (TPSA) is 60.0 Å². The zero-order chi connectivity index (χ0) is 19.9. The Morgan fingerprint density at radius 1 is 1.14 bits per heavy atom. The van der Waals surface area contributed by atoms with Gasteiger partial charge in [0.05, 0.1) is 6.54 Å². The van der Waals surface area contributed by atoms with Crippen LogP contribution in [0, 0.1) is 0 Å². The van der Waals surface area contributed by atoms with Crippen molar-refractivity contribution in [3.8, 4) is 0 Å². The largest absolute Gasteiger partial charge is 0.406 e. The van der Waals surface area contributed by atoms with E-state index in [0.29, 0.717) is 10.9 Å². The molecule has 0 aromatic carbocycles. The number of halogens is 4. The lowest BCUT2D eigenvalue weighted by atomic mass is 9.92. The number of aliphatic imine (C=N–C) groups is 1. The minimum atomic E-state index is -4.39. The Morgan fingerprint density at radius 2 is 1.75 bits per heavy atom. The van der Waals surface area contributed by atoms with Gasteiger partial charge in [0.1, 0.15) is 6.54 Å². The lowest BCUT2D eigenvalue weighted by Gasteiger charge is -2.39. The van der Waals surface area contributed by atoms with E-state index in [1.807, 2.05) is 0 Å². The van der Waals surface area contributed by atoms with E-state index in [1.165, 1.54) is 32.1 Å². The summed E-state index contributed by atoms with van der Waals surface area (Å²) in [5.41, 5.74) is 0. The number of piperidine rings is 1. The van der Waals surface area contributed by atoms with E-state index in [4.69, 9.17) is 0 Å². The van der Waals surface area contributed by atoms with E-state index in [0.717, 1.165) is 39.0 Å². The predicted octanol–water partition coefficient (Wildman–Crippen LogP) is 2.59. The quantitative estimate of drug-likeness (QED) is 0.333. The maximum Gasteiger partial charge on any atom is 0.406 e. The third kappa shape index (κ3) is 8.71. The van der Waals surface area contributed by atoms with Crippen LogP contribution in [0.4, 0.5) is 13.2 Å². The number of carbonyl (C=O) groups excluding carboxylic acids is 1. The Bertz CT molecular complexity index is 504. The number of rotatable bonds is 5. The summed E-state index contributed by atoms with van der Waals surface area (Å²) < 4.78 is 37.1. The molecule has 10 heteroatoms. The molecule has 0 atom stereocenters. The highest BCUT2D eigenvalue weighted by Gasteiger charge is 2.31. The Labute approximate surface area is 182 Å². The molecule has 2 aliphatic rings. The second-order valence-corrected chi connectivity index (χ2v) is 7.54. The fourth-order valence-electron chi connectivity index (χ4n) is 3.89. The van der Waals surface area contributed by atoms with E-state index in [9.17, 15) is 18.0 Å². The average Bonchev–Trinajstić information content (AvgIpc) is 2.64. The van der Waals surface area contributed by atoms with Gasteiger partial charge in [-0.2, -0.15) is 13.2 Å². The first-order chi connectivity index (χ1) is 12.8. The molecule has 164 valence electrons.